The first kappa shape index (κ1) is 23.8. The fraction of sp³-hybridized carbons (Fsp3) is 0.440. The maximum Gasteiger partial charge on any atom is 0.335 e. The highest BCUT2D eigenvalue weighted by molar-refractivity contribution is 6.06. The third-order valence-electron chi connectivity index (χ3n) is 5.96. The molecule has 32 heavy (non-hydrogen) atoms. The van der Waals surface area contributed by atoms with E-state index in [0.29, 0.717) is 17.3 Å². The van der Waals surface area contributed by atoms with Crippen molar-refractivity contribution < 1.29 is 19.4 Å². The molecule has 172 valence electrons. The van der Waals surface area contributed by atoms with Crippen molar-refractivity contribution in [2.75, 3.05) is 50.1 Å². The number of carboxylic acid groups (broad SMARTS) is 1. The third-order valence-corrected chi connectivity index (χ3v) is 5.96. The minimum Gasteiger partial charge on any atom is -0.478 e. The van der Waals surface area contributed by atoms with Crippen LogP contribution in [0.3, 0.4) is 0 Å². The predicted octanol–water partition coefficient (Wildman–Crippen LogP) is 3.96. The van der Waals surface area contributed by atoms with E-state index in [-0.39, 0.29) is 11.5 Å². The molecule has 7 nitrogen and oxygen atoms in total. The quantitative estimate of drug-likeness (QED) is 0.545. The minimum absolute atomic E-state index is 0.154. The van der Waals surface area contributed by atoms with Crippen molar-refractivity contribution in [2.24, 2.45) is 0 Å². The predicted molar refractivity (Wildman–Crippen MR) is 127 cm³/mol. The van der Waals surface area contributed by atoms with Crippen molar-refractivity contribution >= 4 is 23.3 Å². The summed E-state index contributed by atoms with van der Waals surface area (Å²) in [6.07, 6.45) is 3.05. The van der Waals surface area contributed by atoms with Gasteiger partial charge in [-0.3, -0.25) is 4.79 Å². The average Bonchev–Trinajstić information content (AvgIpc) is 2.82. The zero-order valence-electron chi connectivity index (χ0n) is 18.9. The number of benzene rings is 2. The van der Waals surface area contributed by atoms with Crippen LogP contribution < -0.4 is 10.2 Å². The molecule has 0 spiro atoms. The Kier molecular flexibility index (Phi) is 8.64. The van der Waals surface area contributed by atoms with Crippen LogP contribution >= 0.6 is 0 Å². The standard InChI is InChI=1S/C25H33N3O4/c1-3-32-17-7-14-27(2)21-12-15-28(16-13-21)23-11-10-20(25(30)31)18-22(23)26-24(29)19-8-5-4-6-9-19/h4-6,8-11,18,21H,3,7,12-17H2,1-2H3,(H,26,29)(H,30,31). The van der Waals surface area contributed by atoms with Gasteiger partial charge in [-0.15, -0.1) is 0 Å². The number of hydrogen-bond acceptors (Lipinski definition) is 5. The average molecular weight is 440 g/mol. The van der Waals surface area contributed by atoms with E-state index in [0.717, 1.165) is 57.8 Å². The largest absolute Gasteiger partial charge is 0.478 e. The lowest BCUT2D eigenvalue weighted by Crippen LogP contribution is -2.44. The first-order valence-corrected chi connectivity index (χ1v) is 11.3. The van der Waals surface area contributed by atoms with E-state index in [1.54, 1.807) is 42.5 Å². The lowest BCUT2D eigenvalue weighted by molar-refractivity contribution is 0.0696. The normalized spacial score (nSPS) is 14.5. The van der Waals surface area contributed by atoms with Crippen LogP contribution in [0.2, 0.25) is 0 Å². The Morgan fingerprint density at radius 1 is 1.12 bits per heavy atom. The highest BCUT2D eigenvalue weighted by Crippen LogP contribution is 2.31. The van der Waals surface area contributed by atoms with Crippen LogP contribution in [0.5, 0.6) is 0 Å². The number of nitrogens with one attached hydrogen (secondary N) is 1. The molecule has 0 aliphatic carbocycles. The van der Waals surface area contributed by atoms with E-state index < -0.39 is 5.97 Å². The smallest absolute Gasteiger partial charge is 0.335 e. The maximum absolute atomic E-state index is 12.7. The van der Waals surface area contributed by atoms with Gasteiger partial charge in [-0.1, -0.05) is 18.2 Å². The molecule has 1 saturated heterocycles. The molecule has 1 aliphatic rings. The van der Waals surface area contributed by atoms with Crippen molar-refractivity contribution in [1.29, 1.82) is 0 Å². The topological polar surface area (TPSA) is 82.1 Å². The summed E-state index contributed by atoms with van der Waals surface area (Å²) in [5.41, 5.74) is 2.08. The van der Waals surface area contributed by atoms with Gasteiger partial charge in [0, 0.05) is 44.5 Å². The number of piperidine rings is 1. The fourth-order valence-corrected chi connectivity index (χ4v) is 4.12. The SMILES string of the molecule is CCOCCCN(C)C1CCN(c2ccc(C(=O)O)cc2NC(=O)c2ccccc2)CC1. The monoisotopic (exact) mass is 439 g/mol. The molecule has 0 radical (unpaired) electrons. The van der Waals surface area contributed by atoms with Crippen molar-refractivity contribution in [3.8, 4) is 0 Å². The molecule has 1 aliphatic heterocycles. The highest BCUT2D eigenvalue weighted by Gasteiger charge is 2.24. The second-order valence-electron chi connectivity index (χ2n) is 8.11. The lowest BCUT2D eigenvalue weighted by Gasteiger charge is -2.38. The van der Waals surface area contributed by atoms with Gasteiger partial charge in [0.15, 0.2) is 0 Å². The first-order valence-electron chi connectivity index (χ1n) is 11.3. The summed E-state index contributed by atoms with van der Waals surface area (Å²) in [5, 5.41) is 12.3. The summed E-state index contributed by atoms with van der Waals surface area (Å²) < 4.78 is 5.44. The number of hydrogen-bond donors (Lipinski definition) is 2. The Morgan fingerprint density at radius 2 is 1.84 bits per heavy atom. The molecule has 1 fully saturated rings. The van der Waals surface area contributed by atoms with E-state index in [1.165, 1.54) is 0 Å². The Labute approximate surface area is 190 Å². The van der Waals surface area contributed by atoms with Gasteiger partial charge in [0.2, 0.25) is 0 Å². The summed E-state index contributed by atoms with van der Waals surface area (Å²) in [6, 6.07) is 14.4. The minimum atomic E-state index is -1.01. The lowest BCUT2D eigenvalue weighted by atomic mass is 10.0. The van der Waals surface area contributed by atoms with Gasteiger partial charge in [0.05, 0.1) is 16.9 Å². The van der Waals surface area contributed by atoms with Crippen LogP contribution in [-0.2, 0) is 4.74 Å². The van der Waals surface area contributed by atoms with Crippen LogP contribution in [0.15, 0.2) is 48.5 Å². The van der Waals surface area contributed by atoms with Gasteiger partial charge in [0.25, 0.3) is 5.91 Å². The number of ether oxygens (including phenoxy) is 1. The van der Waals surface area contributed by atoms with Crippen LogP contribution in [0, 0.1) is 0 Å². The number of carbonyl (C=O) groups excluding carboxylic acids is 1. The second kappa shape index (κ2) is 11.6. The van der Waals surface area contributed by atoms with E-state index in [9.17, 15) is 14.7 Å². The molecule has 1 heterocycles. The highest BCUT2D eigenvalue weighted by atomic mass is 16.5. The van der Waals surface area contributed by atoms with E-state index in [2.05, 4.69) is 22.2 Å². The molecule has 2 aromatic carbocycles. The molecule has 7 heteroatoms. The van der Waals surface area contributed by atoms with Crippen LogP contribution in [-0.4, -0.2) is 67.8 Å². The molecule has 0 saturated carbocycles. The molecular weight excluding hydrogens is 406 g/mol. The number of anilines is 2. The summed E-state index contributed by atoms with van der Waals surface area (Å²) in [7, 11) is 2.17. The summed E-state index contributed by atoms with van der Waals surface area (Å²) >= 11 is 0. The Bertz CT molecular complexity index is 895. The number of nitrogens with zero attached hydrogens (tertiary/aromatic N) is 2. The molecule has 0 atom stereocenters. The Balaban J connectivity index is 1.68. The first-order chi connectivity index (χ1) is 15.5. The van der Waals surface area contributed by atoms with Gasteiger partial charge in [-0.25, -0.2) is 4.79 Å². The molecule has 0 bridgehead atoms. The molecule has 0 aromatic heterocycles. The Hall–Kier alpha value is -2.90. The van der Waals surface area contributed by atoms with Crippen LogP contribution in [0.4, 0.5) is 11.4 Å². The molecule has 3 rings (SSSR count). The second-order valence-corrected chi connectivity index (χ2v) is 8.11. The fourth-order valence-electron chi connectivity index (χ4n) is 4.12. The van der Waals surface area contributed by atoms with Crippen molar-refractivity contribution in [1.82, 2.24) is 4.90 Å². The van der Waals surface area contributed by atoms with E-state index in [4.69, 9.17) is 4.74 Å². The van der Waals surface area contributed by atoms with E-state index in [1.807, 2.05) is 13.0 Å². The van der Waals surface area contributed by atoms with Gasteiger partial charge in [0.1, 0.15) is 0 Å². The maximum atomic E-state index is 12.7. The molecular formula is C25H33N3O4. The third kappa shape index (κ3) is 6.31. The summed E-state index contributed by atoms with van der Waals surface area (Å²) in [4.78, 5) is 28.9. The molecule has 0 unspecified atom stereocenters. The summed E-state index contributed by atoms with van der Waals surface area (Å²) in [5.74, 6) is -1.27. The molecule has 2 N–H and O–H groups in total. The number of rotatable bonds is 10. The number of aromatic carboxylic acids is 1. The molecule has 1 amide bonds. The zero-order chi connectivity index (χ0) is 22.9. The van der Waals surface area contributed by atoms with Gasteiger partial charge >= 0.3 is 5.97 Å². The number of carboxylic acids is 1. The van der Waals surface area contributed by atoms with Gasteiger partial charge in [-0.2, -0.15) is 0 Å². The van der Waals surface area contributed by atoms with Gasteiger partial charge in [-0.05, 0) is 63.6 Å². The number of amides is 1. The van der Waals surface area contributed by atoms with Crippen molar-refractivity contribution in [3.05, 3.63) is 59.7 Å². The Morgan fingerprint density at radius 3 is 2.50 bits per heavy atom. The van der Waals surface area contributed by atoms with Gasteiger partial charge < -0.3 is 25.0 Å². The molecule has 2 aromatic rings. The zero-order valence-corrected chi connectivity index (χ0v) is 18.9. The summed E-state index contributed by atoms with van der Waals surface area (Å²) in [6.45, 7) is 6.27. The van der Waals surface area contributed by atoms with Crippen LogP contribution in [0.25, 0.3) is 0 Å². The van der Waals surface area contributed by atoms with Crippen LogP contribution in [0.1, 0.15) is 46.9 Å². The van der Waals surface area contributed by atoms with Crippen molar-refractivity contribution in [2.45, 2.75) is 32.2 Å². The van der Waals surface area contributed by atoms with Crippen molar-refractivity contribution in [3.63, 3.8) is 0 Å². The van der Waals surface area contributed by atoms with E-state index >= 15 is 0 Å². The number of carbonyl (C=O) groups is 2.